The van der Waals surface area contributed by atoms with Crippen LogP contribution < -0.4 is 5.32 Å². The third-order valence-corrected chi connectivity index (χ3v) is 3.78. The van der Waals surface area contributed by atoms with Crippen molar-refractivity contribution < 1.29 is 4.39 Å². The van der Waals surface area contributed by atoms with Gasteiger partial charge in [-0.1, -0.05) is 30.7 Å². The molecule has 0 amide bonds. The molecule has 0 fully saturated rings. The van der Waals surface area contributed by atoms with E-state index in [2.05, 4.69) is 19.2 Å². The van der Waals surface area contributed by atoms with E-state index in [0.29, 0.717) is 12.4 Å². The van der Waals surface area contributed by atoms with Crippen molar-refractivity contribution in [1.29, 1.82) is 0 Å². The Bertz CT molecular complexity index is 370. The molecule has 17 heavy (non-hydrogen) atoms. The Morgan fingerprint density at radius 1 is 1.41 bits per heavy atom. The predicted octanol–water partition coefficient (Wildman–Crippen LogP) is 4.37. The largest absolute Gasteiger partial charge is 0.307 e. The van der Waals surface area contributed by atoms with Crippen LogP contribution in [0.3, 0.4) is 0 Å². The van der Waals surface area contributed by atoms with Crippen LogP contribution in [0.25, 0.3) is 0 Å². The maximum absolute atomic E-state index is 13.2. The maximum Gasteiger partial charge on any atom is 0.142 e. The quantitative estimate of drug-likeness (QED) is 0.762. The Labute approximate surface area is 112 Å². The van der Waals surface area contributed by atoms with Crippen LogP contribution in [-0.2, 0) is 6.54 Å². The van der Waals surface area contributed by atoms with Gasteiger partial charge < -0.3 is 5.32 Å². The van der Waals surface area contributed by atoms with Gasteiger partial charge in [0.15, 0.2) is 0 Å². The monoisotopic (exact) mass is 277 g/mol. The van der Waals surface area contributed by atoms with Gasteiger partial charge in [0.05, 0.1) is 5.02 Å². The van der Waals surface area contributed by atoms with E-state index in [4.69, 9.17) is 23.2 Å². The summed E-state index contributed by atoms with van der Waals surface area (Å²) in [5.74, 6) is 0.232. The van der Waals surface area contributed by atoms with Gasteiger partial charge in [-0.15, -0.1) is 11.6 Å². The van der Waals surface area contributed by atoms with Crippen molar-refractivity contribution in [1.82, 2.24) is 5.32 Å². The third-order valence-electron chi connectivity index (χ3n) is 3.16. The van der Waals surface area contributed by atoms with E-state index in [9.17, 15) is 4.39 Å². The summed E-state index contributed by atoms with van der Waals surface area (Å²) in [5.41, 5.74) is 0.748. The van der Waals surface area contributed by atoms with E-state index in [1.807, 2.05) is 6.07 Å². The van der Waals surface area contributed by atoms with Gasteiger partial charge in [0.2, 0.25) is 0 Å². The highest BCUT2D eigenvalue weighted by molar-refractivity contribution is 6.31. The minimum absolute atomic E-state index is 0.0304. The van der Waals surface area contributed by atoms with E-state index < -0.39 is 0 Å². The number of benzene rings is 1. The van der Waals surface area contributed by atoms with Crippen LogP contribution in [0.4, 0.5) is 4.39 Å². The summed E-state index contributed by atoms with van der Waals surface area (Å²) in [6, 6.07) is 4.86. The molecule has 1 atom stereocenters. The number of hydrogen-bond donors (Lipinski definition) is 1. The molecule has 1 unspecified atom stereocenters. The molecule has 1 aromatic carbocycles. The summed E-state index contributed by atoms with van der Waals surface area (Å²) in [7, 11) is 0. The first kappa shape index (κ1) is 14.7. The molecule has 0 aliphatic carbocycles. The summed E-state index contributed by atoms with van der Waals surface area (Å²) >= 11 is 11.7. The maximum atomic E-state index is 13.2. The second kappa shape index (κ2) is 6.58. The lowest BCUT2D eigenvalue weighted by molar-refractivity contribution is 0.331. The zero-order valence-corrected chi connectivity index (χ0v) is 11.7. The third kappa shape index (κ3) is 4.13. The highest BCUT2D eigenvalue weighted by Gasteiger charge is 2.20. The SMILES string of the molecule is CCC(C)(CCCl)NCc1cccc(F)c1Cl. The molecule has 1 nitrogen and oxygen atoms in total. The minimum Gasteiger partial charge on any atom is -0.307 e. The Hall–Kier alpha value is -0.310. The van der Waals surface area contributed by atoms with E-state index in [1.165, 1.54) is 6.07 Å². The second-order valence-corrected chi connectivity index (χ2v) is 5.18. The topological polar surface area (TPSA) is 12.0 Å². The van der Waals surface area contributed by atoms with Crippen molar-refractivity contribution in [3.05, 3.63) is 34.6 Å². The molecule has 1 rings (SSSR count). The number of nitrogens with one attached hydrogen (secondary N) is 1. The average Bonchev–Trinajstić information content (AvgIpc) is 2.31. The molecule has 4 heteroatoms. The predicted molar refractivity (Wildman–Crippen MR) is 72.3 cm³/mol. The van der Waals surface area contributed by atoms with Crippen LogP contribution in [0.15, 0.2) is 18.2 Å². The zero-order chi connectivity index (χ0) is 12.9. The summed E-state index contributed by atoms with van der Waals surface area (Å²) in [4.78, 5) is 0. The van der Waals surface area contributed by atoms with Gasteiger partial charge in [-0.3, -0.25) is 0 Å². The molecular formula is C13H18Cl2FN. The summed E-state index contributed by atoms with van der Waals surface area (Å²) in [5, 5.41) is 3.59. The smallest absolute Gasteiger partial charge is 0.142 e. The van der Waals surface area contributed by atoms with Crippen LogP contribution in [0.2, 0.25) is 5.02 Å². The standard InChI is InChI=1S/C13H18Cl2FN/c1-3-13(2,7-8-14)17-9-10-5-4-6-11(16)12(10)15/h4-6,17H,3,7-9H2,1-2H3. The molecule has 0 spiro atoms. The number of hydrogen-bond acceptors (Lipinski definition) is 1. The summed E-state index contributed by atoms with van der Waals surface area (Å²) < 4.78 is 13.2. The fourth-order valence-corrected chi connectivity index (χ4v) is 2.20. The van der Waals surface area contributed by atoms with E-state index in [1.54, 1.807) is 6.07 Å². The number of alkyl halides is 1. The Morgan fingerprint density at radius 2 is 2.12 bits per heavy atom. The van der Waals surface area contributed by atoms with Crippen LogP contribution in [-0.4, -0.2) is 11.4 Å². The van der Waals surface area contributed by atoms with Crippen LogP contribution >= 0.6 is 23.2 Å². The first-order chi connectivity index (χ1) is 8.02. The van der Waals surface area contributed by atoms with Crippen LogP contribution in [0.1, 0.15) is 32.3 Å². The van der Waals surface area contributed by atoms with Crippen molar-refractivity contribution >= 4 is 23.2 Å². The fourth-order valence-electron chi connectivity index (χ4n) is 1.59. The molecule has 1 aromatic rings. The van der Waals surface area contributed by atoms with Gasteiger partial charge in [0, 0.05) is 18.0 Å². The van der Waals surface area contributed by atoms with Crippen LogP contribution in [0.5, 0.6) is 0 Å². The fraction of sp³-hybridized carbons (Fsp3) is 0.538. The van der Waals surface area contributed by atoms with Crippen molar-refractivity contribution in [2.24, 2.45) is 0 Å². The van der Waals surface area contributed by atoms with Gasteiger partial charge in [-0.2, -0.15) is 0 Å². The van der Waals surface area contributed by atoms with Crippen molar-refractivity contribution in [3.8, 4) is 0 Å². The highest BCUT2D eigenvalue weighted by Crippen LogP contribution is 2.22. The molecule has 0 aliphatic heterocycles. The molecule has 1 N–H and O–H groups in total. The van der Waals surface area contributed by atoms with E-state index >= 15 is 0 Å². The molecule has 0 bridgehead atoms. The number of halogens is 3. The van der Waals surface area contributed by atoms with Crippen LogP contribution in [0, 0.1) is 5.82 Å². The molecule has 0 saturated heterocycles. The second-order valence-electron chi connectivity index (χ2n) is 4.42. The van der Waals surface area contributed by atoms with E-state index in [-0.39, 0.29) is 16.4 Å². The normalized spacial score (nSPS) is 14.6. The van der Waals surface area contributed by atoms with Crippen molar-refractivity contribution in [3.63, 3.8) is 0 Å². The molecular weight excluding hydrogens is 260 g/mol. The average molecular weight is 278 g/mol. The van der Waals surface area contributed by atoms with Gasteiger partial charge in [0.1, 0.15) is 5.82 Å². The Kier molecular flexibility index (Phi) is 5.71. The molecule has 0 saturated carbocycles. The highest BCUT2D eigenvalue weighted by atomic mass is 35.5. The first-order valence-corrected chi connectivity index (χ1v) is 6.67. The molecule has 0 aromatic heterocycles. The van der Waals surface area contributed by atoms with Crippen molar-refractivity contribution in [2.45, 2.75) is 38.8 Å². The van der Waals surface area contributed by atoms with Crippen molar-refractivity contribution in [2.75, 3.05) is 5.88 Å². The lowest BCUT2D eigenvalue weighted by Gasteiger charge is -2.29. The van der Waals surface area contributed by atoms with Gasteiger partial charge >= 0.3 is 0 Å². The molecule has 0 heterocycles. The summed E-state index contributed by atoms with van der Waals surface area (Å²) in [6.45, 7) is 4.77. The molecule has 0 aliphatic rings. The summed E-state index contributed by atoms with van der Waals surface area (Å²) in [6.07, 6.45) is 1.84. The van der Waals surface area contributed by atoms with Gasteiger partial charge in [-0.25, -0.2) is 4.39 Å². The van der Waals surface area contributed by atoms with E-state index in [0.717, 1.165) is 18.4 Å². The zero-order valence-electron chi connectivity index (χ0n) is 10.2. The lowest BCUT2D eigenvalue weighted by Crippen LogP contribution is -2.41. The minimum atomic E-state index is -0.374. The lowest BCUT2D eigenvalue weighted by atomic mass is 9.95. The van der Waals surface area contributed by atoms with Gasteiger partial charge in [-0.05, 0) is 31.4 Å². The molecule has 0 radical (unpaired) electrons. The Balaban J connectivity index is 2.69. The Morgan fingerprint density at radius 3 is 2.71 bits per heavy atom. The number of rotatable bonds is 6. The van der Waals surface area contributed by atoms with Gasteiger partial charge in [0.25, 0.3) is 0 Å². The first-order valence-electron chi connectivity index (χ1n) is 5.76. The molecule has 96 valence electrons.